The Morgan fingerprint density at radius 2 is 2.00 bits per heavy atom. The molecule has 6 heteroatoms. The lowest BCUT2D eigenvalue weighted by Gasteiger charge is -2.22. The average molecular weight is 279 g/mol. The summed E-state index contributed by atoms with van der Waals surface area (Å²) < 4.78 is 57.1. The zero-order chi connectivity index (χ0) is 14.5. The molecule has 0 spiro atoms. The van der Waals surface area contributed by atoms with E-state index in [1.165, 1.54) is 25.3 Å². The van der Waals surface area contributed by atoms with Crippen molar-refractivity contribution < 1.29 is 22.3 Å². The van der Waals surface area contributed by atoms with Crippen LogP contribution in [0.15, 0.2) is 18.2 Å². The monoisotopic (exact) mass is 279 g/mol. The first kappa shape index (κ1) is 15.8. The van der Waals surface area contributed by atoms with E-state index >= 15 is 0 Å². The zero-order valence-electron chi connectivity index (χ0n) is 10.9. The first-order valence-corrected chi connectivity index (χ1v) is 6.01. The number of ether oxygens (including phenoxy) is 1. The van der Waals surface area contributed by atoms with Crippen molar-refractivity contribution in [1.82, 2.24) is 5.32 Å². The molecule has 0 saturated heterocycles. The Hall–Kier alpha value is -1.30. The summed E-state index contributed by atoms with van der Waals surface area (Å²) in [4.78, 5) is 0. The summed E-state index contributed by atoms with van der Waals surface area (Å²) in [5.74, 6) is -0.786. The van der Waals surface area contributed by atoms with Gasteiger partial charge in [-0.2, -0.15) is 13.2 Å². The molecule has 0 aromatic heterocycles. The van der Waals surface area contributed by atoms with E-state index in [1.54, 1.807) is 6.92 Å². The van der Waals surface area contributed by atoms with Gasteiger partial charge in [0.15, 0.2) is 11.6 Å². The van der Waals surface area contributed by atoms with E-state index < -0.39 is 24.5 Å². The molecule has 0 radical (unpaired) electrons. The topological polar surface area (TPSA) is 21.3 Å². The number of hydrogen-bond acceptors (Lipinski definition) is 2. The lowest BCUT2D eigenvalue weighted by molar-refractivity contribution is -0.155. The van der Waals surface area contributed by atoms with Crippen molar-refractivity contribution in [2.24, 2.45) is 0 Å². The second kappa shape index (κ2) is 6.75. The van der Waals surface area contributed by atoms with Crippen LogP contribution in [0.5, 0.6) is 5.75 Å². The summed E-state index contributed by atoms with van der Waals surface area (Å²) in [5.41, 5.74) is -0.00900. The highest BCUT2D eigenvalue weighted by Gasteiger charge is 2.39. The van der Waals surface area contributed by atoms with Crippen molar-refractivity contribution in [3.63, 3.8) is 0 Å². The third-order valence-electron chi connectivity index (χ3n) is 2.72. The molecule has 0 heterocycles. The van der Waals surface area contributed by atoms with Crippen LogP contribution in [0.1, 0.15) is 18.9 Å². The van der Waals surface area contributed by atoms with Gasteiger partial charge in [-0.1, -0.05) is 19.1 Å². The Balaban J connectivity index is 2.90. The molecule has 1 aromatic carbocycles. The van der Waals surface area contributed by atoms with Gasteiger partial charge in [-0.3, -0.25) is 0 Å². The van der Waals surface area contributed by atoms with Crippen molar-refractivity contribution in [2.75, 3.05) is 13.7 Å². The van der Waals surface area contributed by atoms with E-state index in [4.69, 9.17) is 4.74 Å². The normalized spacial score (nSPS) is 13.4. The molecule has 1 rings (SSSR count). The van der Waals surface area contributed by atoms with Crippen LogP contribution in [0, 0.1) is 5.82 Å². The van der Waals surface area contributed by atoms with Gasteiger partial charge in [0.05, 0.1) is 7.11 Å². The van der Waals surface area contributed by atoms with Crippen LogP contribution >= 0.6 is 0 Å². The molecule has 1 unspecified atom stereocenters. The molecule has 0 bridgehead atoms. The van der Waals surface area contributed by atoms with Crippen LogP contribution < -0.4 is 10.1 Å². The van der Waals surface area contributed by atoms with Gasteiger partial charge in [-0.25, -0.2) is 4.39 Å². The van der Waals surface area contributed by atoms with Crippen LogP contribution in [-0.2, 0) is 6.42 Å². The highest BCUT2D eigenvalue weighted by atomic mass is 19.4. The molecule has 0 saturated carbocycles. The molecule has 2 nitrogen and oxygen atoms in total. The molecule has 108 valence electrons. The van der Waals surface area contributed by atoms with E-state index in [2.05, 4.69) is 5.32 Å². The summed E-state index contributed by atoms with van der Waals surface area (Å²) in [7, 11) is 1.28. The number of halogens is 4. The Kier molecular flexibility index (Phi) is 5.60. The van der Waals surface area contributed by atoms with Gasteiger partial charge < -0.3 is 10.1 Å². The van der Waals surface area contributed by atoms with Gasteiger partial charge in [0.2, 0.25) is 0 Å². The second-order valence-electron chi connectivity index (χ2n) is 4.19. The van der Waals surface area contributed by atoms with Crippen LogP contribution in [0.25, 0.3) is 0 Å². The van der Waals surface area contributed by atoms with Gasteiger partial charge in [-0.15, -0.1) is 0 Å². The standard InChI is InChI=1S/C13H17F4NO/c1-3-7-18-11(13(15,16)17)8-9-5-4-6-10(19-2)12(9)14/h4-6,11,18H,3,7-8H2,1-2H3. The number of nitrogens with one attached hydrogen (secondary N) is 1. The van der Waals surface area contributed by atoms with E-state index in [9.17, 15) is 17.6 Å². The van der Waals surface area contributed by atoms with Crippen molar-refractivity contribution in [2.45, 2.75) is 32.0 Å². The molecule has 1 aromatic rings. The minimum Gasteiger partial charge on any atom is -0.494 e. The SMILES string of the molecule is CCCNC(Cc1cccc(OC)c1F)C(F)(F)F. The van der Waals surface area contributed by atoms with E-state index in [-0.39, 0.29) is 17.9 Å². The molecule has 0 amide bonds. The fourth-order valence-electron chi connectivity index (χ4n) is 1.71. The van der Waals surface area contributed by atoms with Crippen molar-refractivity contribution in [3.05, 3.63) is 29.6 Å². The first-order valence-electron chi connectivity index (χ1n) is 6.01. The summed E-state index contributed by atoms with van der Waals surface area (Å²) in [6, 6.07) is 2.43. The summed E-state index contributed by atoms with van der Waals surface area (Å²) in [6.07, 6.45) is -4.29. The third kappa shape index (κ3) is 4.38. The van der Waals surface area contributed by atoms with Gasteiger partial charge >= 0.3 is 6.18 Å². The zero-order valence-corrected chi connectivity index (χ0v) is 10.9. The Morgan fingerprint density at radius 1 is 1.32 bits per heavy atom. The predicted octanol–water partition coefficient (Wildman–Crippen LogP) is 3.31. The van der Waals surface area contributed by atoms with Gasteiger partial charge in [-0.05, 0) is 31.0 Å². The Labute approximate surface area is 109 Å². The van der Waals surface area contributed by atoms with Crippen molar-refractivity contribution in [3.8, 4) is 5.75 Å². The number of methoxy groups -OCH3 is 1. The molecular weight excluding hydrogens is 262 g/mol. The molecule has 0 aliphatic carbocycles. The smallest absolute Gasteiger partial charge is 0.404 e. The summed E-state index contributed by atoms with van der Waals surface area (Å²) in [5, 5.41) is 2.39. The van der Waals surface area contributed by atoms with Crippen LogP contribution in [0.4, 0.5) is 17.6 Å². The molecule has 0 aliphatic heterocycles. The fraction of sp³-hybridized carbons (Fsp3) is 0.538. The molecule has 0 fully saturated rings. The Morgan fingerprint density at radius 3 is 2.53 bits per heavy atom. The van der Waals surface area contributed by atoms with E-state index in [0.29, 0.717) is 6.42 Å². The van der Waals surface area contributed by atoms with Crippen LogP contribution in [-0.4, -0.2) is 25.9 Å². The van der Waals surface area contributed by atoms with Crippen LogP contribution in [0.2, 0.25) is 0 Å². The molecule has 1 N–H and O–H groups in total. The fourth-order valence-corrected chi connectivity index (χ4v) is 1.71. The maximum atomic E-state index is 13.8. The van der Waals surface area contributed by atoms with Crippen molar-refractivity contribution in [1.29, 1.82) is 0 Å². The lowest BCUT2D eigenvalue weighted by atomic mass is 10.0. The van der Waals surface area contributed by atoms with Gasteiger partial charge in [0.25, 0.3) is 0 Å². The van der Waals surface area contributed by atoms with E-state index in [1.807, 2.05) is 0 Å². The van der Waals surface area contributed by atoms with Crippen molar-refractivity contribution >= 4 is 0 Å². The summed E-state index contributed by atoms with van der Waals surface area (Å²) in [6.45, 7) is 2.00. The average Bonchev–Trinajstić information content (AvgIpc) is 2.35. The number of benzene rings is 1. The predicted molar refractivity (Wildman–Crippen MR) is 64.8 cm³/mol. The van der Waals surface area contributed by atoms with E-state index in [0.717, 1.165) is 0 Å². The second-order valence-corrected chi connectivity index (χ2v) is 4.19. The molecule has 1 atom stereocenters. The van der Waals surface area contributed by atoms with Crippen LogP contribution in [0.3, 0.4) is 0 Å². The maximum Gasteiger partial charge on any atom is 0.404 e. The molecule has 19 heavy (non-hydrogen) atoms. The number of alkyl halides is 3. The highest BCUT2D eigenvalue weighted by Crippen LogP contribution is 2.27. The number of rotatable bonds is 6. The first-order chi connectivity index (χ1) is 8.90. The Bertz CT molecular complexity index is 406. The molecule has 0 aliphatic rings. The minimum atomic E-state index is -4.41. The maximum absolute atomic E-state index is 13.8. The highest BCUT2D eigenvalue weighted by molar-refractivity contribution is 5.31. The minimum absolute atomic E-state index is 0.00900. The molecular formula is C13H17F4NO. The third-order valence-corrected chi connectivity index (χ3v) is 2.72. The van der Waals surface area contributed by atoms with Gasteiger partial charge in [0, 0.05) is 0 Å². The van der Waals surface area contributed by atoms with Gasteiger partial charge in [0.1, 0.15) is 6.04 Å². The quantitative estimate of drug-likeness (QED) is 0.807. The largest absolute Gasteiger partial charge is 0.494 e. The summed E-state index contributed by atoms with van der Waals surface area (Å²) >= 11 is 0. The number of hydrogen-bond donors (Lipinski definition) is 1. The lowest BCUT2D eigenvalue weighted by Crippen LogP contribution is -2.44.